The molecule has 78 valence electrons. The first kappa shape index (κ1) is 11.2. The highest BCUT2D eigenvalue weighted by Crippen LogP contribution is 2.06. The molecule has 2 heteroatoms. The van der Waals surface area contributed by atoms with Crippen molar-refractivity contribution in [2.45, 2.75) is 13.3 Å². The van der Waals surface area contributed by atoms with Gasteiger partial charge < -0.3 is 10.4 Å². The molecule has 0 spiro atoms. The topological polar surface area (TPSA) is 32.3 Å². The van der Waals surface area contributed by atoms with E-state index in [-0.39, 0.29) is 6.61 Å². The molecule has 0 aliphatic rings. The van der Waals surface area contributed by atoms with Gasteiger partial charge in [-0.3, -0.25) is 0 Å². The van der Waals surface area contributed by atoms with Crippen molar-refractivity contribution in [2.75, 3.05) is 19.7 Å². The van der Waals surface area contributed by atoms with Gasteiger partial charge in [-0.25, -0.2) is 0 Å². The molecule has 1 unspecified atom stereocenters. The van der Waals surface area contributed by atoms with Gasteiger partial charge in [0.05, 0.1) is 6.61 Å². The molecule has 1 aromatic carbocycles. The highest BCUT2D eigenvalue weighted by Gasteiger charge is 2.01. The number of nitrogens with one attached hydrogen (secondary N) is 1. The van der Waals surface area contributed by atoms with Crippen molar-refractivity contribution in [3.8, 4) is 0 Å². The monoisotopic (exact) mass is 193 g/mol. The van der Waals surface area contributed by atoms with Crippen LogP contribution in [-0.2, 0) is 6.42 Å². The van der Waals surface area contributed by atoms with Crippen LogP contribution in [0, 0.1) is 5.92 Å². The second kappa shape index (κ2) is 6.57. The van der Waals surface area contributed by atoms with E-state index in [0.717, 1.165) is 13.0 Å². The van der Waals surface area contributed by atoms with E-state index in [1.807, 2.05) is 6.07 Å². The fraction of sp³-hybridized carbons (Fsp3) is 0.500. The van der Waals surface area contributed by atoms with Crippen LogP contribution < -0.4 is 5.32 Å². The molecule has 2 N–H and O–H groups in total. The van der Waals surface area contributed by atoms with Crippen molar-refractivity contribution in [2.24, 2.45) is 5.92 Å². The number of rotatable bonds is 6. The van der Waals surface area contributed by atoms with Crippen LogP contribution in [0.3, 0.4) is 0 Å². The summed E-state index contributed by atoms with van der Waals surface area (Å²) >= 11 is 0. The first-order valence-electron chi connectivity index (χ1n) is 5.18. The Bertz CT molecular complexity index is 235. The molecule has 1 aromatic rings. The van der Waals surface area contributed by atoms with Crippen molar-refractivity contribution < 1.29 is 5.11 Å². The summed E-state index contributed by atoms with van der Waals surface area (Å²) in [7, 11) is 0. The van der Waals surface area contributed by atoms with E-state index >= 15 is 0 Å². The summed E-state index contributed by atoms with van der Waals surface area (Å²) in [6.45, 7) is 4.10. The van der Waals surface area contributed by atoms with Crippen LogP contribution in [0.1, 0.15) is 12.5 Å². The Morgan fingerprint density at radius 2 is 2.00 bits per heavy atom. The minimum absolute atomic E-state index is 0.220. The molecule has 0 heterocycles. The molecule has 1 rings (SSSR count). The van der Waals surface area contributed by atoms with Crippen LogP contribution in [0.4, 0.5) is 0 Å². The van der Waals surface area contributed by atoms with Crippen LogP contribution in [0.15, 0.2) is 30.3 Å². The van der Waals surface area contributed by atoms with E-state index in [9.17, 15) is 0 Å². The van der Waals surface area contributed by atoms with Crippen molar-refractivity contribution in [3.63, 3.8) is 0 Å². The standard InChI is InChI=1S/C12H19NO/c1-11(10-13-7-8-14)9-12-5-3-2-4-6-12/h2-6,11,13-14H,7-10H2,1H3. The smallest absolute Gasteiger partial charge is 0.0555 e. The van der Waals surface area contributed by atoms with Crippen LogP contribution in [0.2, 0.25) is 0 Å². The number of hydrogen-bond acceptors (Lipinski definition) is 2. The van der Waals surface area contributed by atoms with Gasteiger partial charge in [-0.05, 0) is 24.4 Å². The predicted octanol–water partition coefficient (Wildman–Crippen LogP) is 1.45. The van der Waals surface area contributed by atoms with Crippen molar-refractivity contribution >= 4 is 0 Å². The van der Waals surface area contributed by atoms with Crippen LogP contribution in [-0.4, -0.2) is 24.8 Å². The first-order valence-corrected chi connectivity index (χ1v) is 5.18. The highest BCUT2D eigenvalue weighted by molar-refractivity contribution is 5.15. The Morgan fingerprint density at radius 1 is 1.29 bits per heavy atom. The summed E-state index contributed by atoms with van der Waals surface area (Å²) in [4.78, 5) is 0. The quantitative estimate of drug-likeness (QED) is 0.670. The lowest BCUT2D eigenvalue weighted by molar-refractivity contribution is 0.288. The summed E-state index contributed by atoms with van der Waals surface area (Å²) in [6.07, 6.45) is 1.10. The molecule has 0 radical (unpaired) electrons. The molecule has 0 bridgehead atoms. The van der Waals surface area contributed by atoms with Gasteiger partial charge in [0, 0.05) is 6.54 Å². The van der Waals surface area contributed by atoms with Gasteiger partial charge in [0.25, 0.3) is 0 Å². The Morgan fingerprint density at radius 3 is 2.64 bits per heavy atom. The third kappa shape index (κ3) is 4.40. The Balaban J connectivity index is 2.23. The lowest BCUT2D eigenvalue weighted by Crippen LogP contribution is -2.25. The van der Waals surface area contributed by atoms with Gasteiger partial charge in [0.15, 0.2) is 0 Å². The van der Waals surface area contributed by atoms with Gasteiger partial charge >= 0.3 is 0 Å². The van der Waals surface area contributed by atoms with Crippen molar-refractivity contribution in [3.05, 3.63) is 35.9 Å². The van der Waals surface area contributed by atoms with Gasteiger partial charge in [0.1, 0.15) is 0 Å². The molecule has 2 nitrogen and oxygen atoms in total. The summed E-state index contributed by atoms with van der Waals surface area (Å²) in [5.41, 5.74) is 1.38. The minimum atomic E-state index is 0.220. The number of benzene rings is 1. The fourth-order valence-corrected chi connectivity index (χ4v) is 1.52. The summed E-state index contributed by atoms with van der Waals surface area (Å²) < 4.78 is 0. The molecule has 0 saturated carbocycles. The highest BCUT2D eigenvalue weighted by atomic mass is 16.3. The molecular formula is C12H19NO. The van der Waals surface area contributed by atoms with Crippen molar-refractivity contribution in [1.82, 2.24) is 5.32 Å². The third-order valence-corrected chi connectivity index (χ3v) is 2.21. The van der Waals surface area contributed by atoms with E-state index in [4.69, 9.17) is 5.11 Å². The van der Waals surface area contributed by atoms with E-state index in [1.165, 1.54) is 5.56 Å². The average Bonchev–Trinajstić information content (AvgIpc) is 2.20. The van der Waals surface area contributed by atoms with Crippen molar-refractivity contribution in [1.29, 1.82) is 0 Å². The molecule has 0 fully saturated rings. The minimum Gasteiger partial charge on any atom is -0.395 e. The van der Waals surface area contributed by atoms with E-state index in [2.05, 4.69) is 36.5 Å². The molecule has 0 amide bonds. The predicted molar refractivity (Wildman–Crippen MR) is 59.3 cm³/mol. The van der Waals surface area contributed by atoms with Crippen LogP contribution >= 0.6 is 0 Å². The summed E-state index contributed by atoms with van der Waals surface area (Å²) in [5, 5.41) is 11.8. The molecule has 1 atom stereocenters. The normalized spacial score (nSPS) is 12.7. The molecule has 0 aromatic heterocycles. The van der Waals surface area contributed by atoms with E-state index in [0.29, 0.717) is 12.5 Å². The fourth-order valence-electron chi connectivity index (χ4n) is 1.52. The Labute approximate surface area is 86.0 Å². The number of aliphatic hydroxyl groups excluding tert-OH is 1. The maximum absolute atomic E-state index is 8.61. The number of hydrogen-bond donors (Lipinski definition) is 2. The largest absolute Gasteiger partial charge is 0.395 e. The first-order chi connectivity index (χ1) is 6.83. The van der Waals surface area contributed by atoms with Gasteiger partial charge in [-0.2, -0.15) is 0 Å². The lowest BCUT2D eigenvalue weighted by Gasteiger charge is -2.11. The molecule has 14 heavy (non-hydrogen) atoms. The second-order valence-corrected chi connectivity index (χ2v) is 3.72. The molecule has 0 aliphatic heterocycles. The van der Waals surface area contributed by atoms with E-state index in [1.54, 1.807) is 0 Å². The molecule has 0 aliphatic carbocycles. The second-order valence-electron chi connectivity index (χ2n) is 3.72. The average molecular weight is 193 g/mol. The third-order valence-electron chi connectivity index (χ3n) is 2.21. The maximum Gasteiger partial charge on any atom is 0.0555 e. The zero-order chi connectivity index (χ0) is 10.2. The molecular weight excluding hydrogens is 174 g/mol. The molecule has 0 saturated heterocycles. The number of aliphatic hydroxyl groups is 1. The SMILES string of the molecule is CC(CNCCO)Cc1ccccc1. The van der Waals surface area contributed by atoms with Gasteiger partial charge in [0.2, 0.25) is 0 Å². The Hall–Kier alpha value is -0.860. The van der Waals surface area contributed by atoms with E-state index < -0.39 is 0 Å². The maximum atomic E-state index is 8.61. The Kier molecular flexibility index (Phi) is 5.27. The summed E-state index contributed by atoms with van der Waals surface area (Å²) in [6, 6.07) is 10.5. The van der Waals surface area contributed by atoms with Gasteiger partial charge in [-0.15, -0.1) is 0 Å². The van der Waals surface area contributed by atoms with Crippen LogP contribution in [0.5, 0.6) is 0 Å². The van der Waals surface area contributed by atoms with Gasteiger partial charge in [-0.1, -0.05) is 37.3 Å². The summed E-state index contributed by atoms with van der Waals surface area (Å²) in [5.74, 6) is 0.615. The lowest BCUT2D eigenvalue weighted by atomic mass is 10.0. The zero-order valence-corrected chi connectivity index (χ0v) is 8.74. The van der Waals surface area contributed by atoms with Crippen LogP contribution in [0.25, 0.3) is 0 Å². The zero-order valence-electron chi connectivity index (χ0n) is 8.74.